The molecule has 1 fully saturated rings. The molecule has 1 aliphatic heterocycles. The van der Waals surface area contributed by atoms with Gasteiger partial charge in [0.05, 0.1) is 18.7 Å². The number of hydrogen-bond acceptors (Lipinski definition) is 5. The van der Waals surface area contributed by atoms with E-state index in [4.69, 9.17) is 0 Å². The van der Waals surface area contributed by atoms with Gasteiger partial charge in [0, 0.05) is 47.5 Å². The molecular weight excluding hydrogens is 368 g/mol. The average molecular weight is 386 g/mol. The first kappa shape index (κ1) is 17.0. The Kier molecular flexibility index (Phi) is 4.15. The zero-order chi connectivity index (χ0) is 19.0. The molecular formula is C21H18N6S. The van der Waals surface area contributed by atoms with Crippen LogP contribution in [0.4, 0.5) is 0 Å². The van der Waals surface area contributed by atoms with Crippen LogP contribution in [0.5, 0.6) is 0 Å². The summed E-state index contributed by atoms with van der Waals surface area (Å²) >= 11 is 1.73. The van der Waals surface area contributed by atoms with E-state index in [-0.39, 0.29) is 5.54 Å². The van der Waals surface area contributed by atoms with E-state index in [1.807, 2.05) is 47.4 Å². The summed E-state index contributed by atoms with van der Waals surface area (Å²) in [5.41, 5.74) is 2.72. The highest BCUT2D eigenvalue weighted by Gasteiger charge is 2.46. The SMILES string of the molecule is N#CCC1(n2cc(-c3ccnc4[nH]ccc34)cn2)CN(Sc2ccccc2)C1. The third-order valence-electron chi connectivity index (χ3n) is 5.17. The number of nitrogens with zero attached hydrogens (tertiary/aromatic N) is 5. The average Bonchev–Trinajstić information content (AvgIpc) is 3.36. The highest BCUT2D eigenvalue weighted by Crippen LogP contribution is 2.40. The van der Waals surface area contributed by atoms with Gasteiger partial charge in [0.1, 0.15) is 11.2 Å². The van der Waals surface area contributed by atoms with Crippen molar-refractivity contribution in [1.82, 2.24) is 24.1 Å². The number of H-pyrrole nitrogens is 1. The minimum Gasteiger partial charge on any atom is -0.346 e. The second-order valence-corrected chi connectivity index (χ2v) is 8.20. The van der Waals surface area contributed by atoms with Crippen LogP contribution in [0, 0.1) is 11.3 Å². The van der Waals surface area contributed by atoms with Gasteiger partial charge in [-0.25, -0.2) is 9.29 Å². The van der Waals surface area contributed by atoms with E-state index in [9.17, 15) is 5.26 Å². The van der Waals surface area contributed by atoms with E-state index in [0.717, 1.165) is 35.2 Å². The van der Waals surface area contributed by atoms with Crippen molar-refractivity contribution < 1.29 is 0 Å². The van der Waals surface area contributed by atoms with Gasteiger partial charge in [-0.2, -0.15) is 10.4 Å². The lowest BCUT2D eigenvalue weighted by atomic mass is 9.89. The Morgan fingerprint density at radius 2 is 2.04 bits per heavy atom. The lowest BCUT2D eigenvalue weighted by Gasteiger charge is -2.48. The first-order chi connectivity index (χ1) is 13.8. The van der Waals surface area contributed by atoms with Crippen LogP contribution in [-0.2, 0) is 5.54 Å². The molecule has 4 aromatic rings. The Bertz CT molecular complexity index is 1150. The number of aromatic nitrogens is 4. The zero-order valence-electron chi connectivity index (χ0n) is 15.1. The second kappa shape index (κ2) is 6.82. The van der Waals surface area contributed by atoms with Gasteiger partial charge in [-0.3, -0.25) is 4.68 Å². The van der Waals surface area contributed by atoms with Gasteiger partial charge in [0.2, 0.25) is 0 Å². The van der Waals surface area contributed by atoms with Gasteiger partial charge in [0.15, 0.2) is 0 Å². The molecule has 0 spiro atoms. The van der Waals surface area contributed by atoms with E-state index in [1.165, 1.54) is 4.90 Å². The summed E-state index contributed by atoms with van der Waals surface area (Å²) in [6.07, 6.45) is 8.08. The van der Waals surface area contributed by atoms with Gasteiger partial charge in [0.25, 0.3) is 0 Å². The molecule has 1 N–H and O–H groups in total. The molecule has 3 aromatic heterocycles. The Morgan fingerprint density at radius 1 is 1.18 bits per heavy atom. The third kappa shape index (κ3) is 2.87. The van der Waals surface area contributed by atoms with Crippen LogP contribution < -0.4 is 0 Å². The molecule has 0 radical (unpaired) electrons. The van der Waals surface area contributed by atoms with E-state index < -0.39 is 0 Å². The van der Waals surface area contributed by atoms with Gasteiger partial charge >= 0.3 is 0 Å². The lowest BCUT2D eigenvalue weighted by Crippen LogP contribution is -2.59. The number of hydrogen-bond donors (Lipinski definition) is 1. The summed E-state index contributed by atoms with van der Waals surface area (Å²) < 4.78 is 4.26. The summed E-state index contributed by atoms with van der Waals surface area (Å²) in [6, 6.07) is 16.7. The molecule has 138 valence electrons. The molecule has 28 heavy (non-hydrogen) atoms. The largest absolute Gasteiger partial charge is 0.346 e. The molecule has 0 unspecified atom stereocenters. The number of rotatable bonds is 5. The topological polar surface area (TPSA) is 73.5 Å². The van der Waals surface area contributed by atoms with Gasteiger partial charge < -0.3 is 4.98 Å². The van der Waals surface area contributed by atoms with E-state index in [0.29, 0.717) is 6.42 Å². The second-order valence-electron chi connectivity index (χ2n) is 7.03. The summed E-state index contributed by atoms with van der Waals surface area (Å²) in [6.45, 7) is 1.58. The first-order valence-electron chi connectivity index (χ1n) is 9.10. The predicted octanol–water partition coefficient (Wildman–Crippen LogP) is 4.06. The zero-order valence-corrected chi connectivity index (χ0v) is 15.9. The maximum Gasteiger partial charge on any atom is 0.137 e. The Hall–Kier alpha value is -3.08. The highest BCUT2D eigenvalue weighted by atomic mass is 32.2. The number of nitriles is 1. The van der Waals surface area contributed by atoms with Crippen LogP contribution >= 0.6 is 11.9 Å². The Labute approximate surface area is 166 Å². The fraction of sp³-hybridized carbons (Fsp3) is 0.190. The van der Waals surface area contributed by atoms with Crippen molar-refractivity contribution in [1.29, 1.82) is 5.26 Å². The standard InChI is InChI=1S/C21H18N6S/c22-9-8-21(14-26(15-21)28-17-4-2-1-3-5-17)27-13-16(12-25-27)18-6-10-23-20-19(18)7-11-24-20/h1-7,10-13H,8,14-15H2,(H,23,24). The van der Waals surface area contributed by atoms with Crippen LogP contribution in [0.2, 0.25) is 0 Å². The summed E-state index contributed by atoms with van der Waals surface area (Å²) in [4.78, 5) is 8.71. The van der Waals surface area contributed by atoms with Crippen molar-refractivity contribution in [2.45, 2.75) is 16.9 Å². The first-order valence-corrected chi connectivity index (χ1v) is 9.87. The minimum absolute atomic E-state index is 0.279. The highest BCUT2D eigenvalue weighted by molar-refractivity contribution is 7.97. The Balaban J connectivity index is 1.40. The van der Waals surface area contributed by atoms with Gasteiger partial charge in [-0.15, -0.1) is 0 Å². The molecule has 0 aliphatic carbocycles. The quantitative estimate of drug-likeness (QED) is 0.524. The molecule has 6 nitrogen and oxygen atoms in total. The Morgan fingerprint density at radius 3 is 2.86 bits per heavy atom. The van der Waals surface area contributed by atoms with Gasteiger partial charge in [-0.05, 0) is 41.8 Å². The van der Waals surface area contributed by atoms with Gasteiger partial charge in [-0.1, -0.05) is 18.2 Å². The number of nitrogens with one attached hydrogen (secondary N) is 1. The summed E-state index contributed by atoms with van der Waals surface area (Å²) in [5.74, 6) is 0. The minimum atomic E-state index is -0.279. The van der Waals surface area contributed by atoms with E-state index in [2.05, 4.69) is 43.8 Å². The van der Waals surface area contributed by atoms with Crippen molar-refractivity contribution in [3.05, 3.63) is 67.3 Å². The smallest absolute Gasteiger partial charge is 0.137 e. The van der Waals surface area contributed by atoms with Crippen LogP contribution in [-0.4, -0.2) is 37.1 Å². The van der Waals surface area contributed by atoms with Crippen LogP contribution in [0.1, 0.15) is 6.42 Å². The predicted molar refractivity (Wildman–Crippen MR) is 109 cm³/mol. The van der Waals surface area contributed by atoms with Crippen LogP contribution in [0.3, 0.4) is 0 Å². The third-order valence-corrected chi connectivity index (χ3v) is 6.17. The molecule has 1 aromatic carbocycles. The van der Waals surface area contributed by atoms with E-state index >= 15 is 0 Å². The molecule has 1 saturated heterocycles. The number of aromatic amines is 1. The molecule has 0 saturated carbocycles. The van der Waals surface area contributed by atoms with Crippen molar-refractivity contribution in [2.24, 2.45) is 0 Å². The number of pyridine rings is 1. The summed E-state index contributed by atoms with van der Waals surface area (Å²) in [7, 11) is 0. The number of benzene rings is 1. The van der Waals surface area contributed by atoms with Crippen LogP contribution in [0.25, 0.3) is 22.2 Å². The van der Waals surface area contributed by atoms with E-state index in [1.54, 1.807) is 18.1 Å². The maximum absolute atomic E-state index is 9.41. The molecule has 7 heteroatoms. The molecule has 4 heterocycles. The maximum atomic E-state index is 9.41. The molecule has 0 atom stereocenters. The molecule has 1 aliphatic rings. The fourth-order valence-corrected chi connectivity index (χ4v) is 4.91. The van der Waals surface area contributed by atoms with Crippen molar-refractivity contribution in [2.75, 3.05) is 13.1 Å². The molecule has 0 amide bonds. The van der Waals surface area contributed by atoms with Crippen molar-refractivity contribution in [3.8, 4) is 17.2 Å². The lowest BCUT2D eigenvalue weighted by molar-refractivity contribution is 0.0811. The van der Waals surface area contributed by atoms with Crippen molar-refractivity contribution >= 4 is 23.0 Å². The van der Waals surface area contributed by atoms with Crippen molar-refractivity contribution in [3.63, 3.8) is 0 Å². The molecule has 5 rings (SSSR count). The van der Waals surface area contributed by atoms with Crippen LogP contribution in [0.15, 0.2) is 72.1 Å². The fourth-order valence-electron chi connectivity index (χ4n) is 3.72. The summed E-state index contributed by atoms with van der Waals surface area (Å²) in [5, 5.41) is 15.1. The molecule has 0 bridgehead atoms. The normalized spacial score (nSPS) is 16.0. The number of fused-ring (bicyclic) bond motifs is 1. The monoisotopic (exact) mass is 386 g/mol.